The average Bonchev–Trinajstić information content (AvgIpc) is 2.62. The number of rotatable bonds is 3. The quantitative estimate of drug-likeness (QED) is 0.922. The standard InChI is InChI=1S/C19H29N3O2/c1-15-7-9-22(10-8-15)19(24)16(2)20-11-13-21(14-12-20)17-5-3-4-6-18(17)23/h3-6,15-16,23H,7-14H2,1-2H3. The summed E-state index contributed by atoms with van der Waals surface area (Å²) in [5.41, 5.74) is 0.890. The van der Waals surface area contributed by atoms with E-state index in [-0.39, 0.29) is 11.9 Å². The van der Waals surface area contributed by atoms with Gasteiger partial charge in [0.05, 0.1) is 11.7 Å². The van der Waals surface area contributed by atoms with Gasteiger partial charge in [-0.3, -0.25) is 9.69 Å². The van der Waals surface area contributed by atoms with Crippen molar-refractivity contribution in [3.63, 3.8) is 0 Å². The molecule has 0 aromatic heterocycles. The van der Waals surface area contributed by atoms with E-state index < -0.39 is 0 Å². The van der Waals surface area contributed by atoms with Gasteiger partial charge in [-0.2, -0.15) is 0 Å². The minimum atomic E-state index is -0.0510. The number of hydrogen-bond donors (Lipinski definition) is 1. The summed E-state index contributed by atoms with van der Waals surface area (Å²) in [4.78, 5) is 19.3. The molecular weight excluding hydrogens is 302 g/mol. The predicted octanol–water partition coefficient (Wildman–Crippen LogP) is 2.16. The number of amides is 1. The average molecular weight is 331 g/mol. The first-order valence-corrected chi connectivity index (χ1v) is 9.12. The highest BCUT2D eigenvalue weighted by atomic mass is 16.3. The minimum absolute atomic E-state index is 0.0510. The summed E-state index contributed by atoms with van der Waals surface area (Å²) >= 11 is 0. The number of piperazine rings is 1. The van der Waals surface area contributed by atoms with Crippen molar-refractivity contribution in [3.05, 3.63) is 24.3 Å². The molecule has 5 heteroatoms. The van der Waals surface area contributed by atoms with E-state index in [0.29, 0.717) is 5.75 Å². The highest BCUT2D eigenvalue weighted by molar-refractivity contribution is 5.81. The molecule has 1 aromatic carbocycles. The van der Waals surface area contributed by atoms with Crippen LogP contribution >= 0.6 is 0 Å². The number of hydrogen-bond acceptors (Lipinski definition) is 4. The Morgan fingerprint density at radius 3 is 2.33 bits per heavy atom. The van der Waals surface area contributed by atoms with Gasteiger partial charge in [0.15, 0.2) is 0 Å². The number of para-hydroxylation sites is 2. The molecule has 0 bridgehead atoms. The lowest BCUT2D eigenvalue weighted by atomic mass is 9.98. The fraction of sp³-hybridized carbons (Fsp3) is 0.632. The molecule has 1 N–H and O–H groups in total. The molecule has 1 amide bonds. The number of aromatic hydroxyl groups is 1. The van der Waals surface area contributed by atoms with E-state index >= 15 is 0 Å². The van der Waals surface area contributed by atoms with E-state index in [1.54, 1.807) is 6.07 Å². The molecule has 2 saturated heterocycles. The number of phenols is 1. The normalized spacial score (nSPS) is 21.8. The number of piperidine rings is 1. The Balaban J connectivity index is 1.54. The van der Waals surface area contributed by atoms with Gasteiger partial charge in [-0.05, 0) is 37.8 Å². The van der Waals surface area contributed by atoms with Crippen molar-refractivity contribution in [2.24, 2.45) is 5.92 Å². The van der Waals surface area contributed by atoms with Gasteiger partial charge < -0.3 is 14.9 Å². The lowest BCUT2D eigenvalue weighted by Gasteiger charge is -2.41. The molecule has 0 radical (unpaired) electrons. The summed E-state index contributed by atoms with van der Waals surface area (Å²) in [6.07, 6.45) is 2.25. The molecule has 3 rings (SSSR count). The number of likely N-dealkylation sites (tertiary alicyclic amines) is 1. The first kappa shape index (κ1) is 17.1. The van der Waals surface area contributed by atoms with Crippen LogP contribution in [-0.2, 0) is 4.79 Å². The molecule has 2 fully saturated rings. The Morgan fingerprint density at radius 2 is 1.71 bits per heavy atom. The Morgan fingerprint density at radius 1 is 1.08 bits per heavy atom. The minimum Gasteiger partial charge on any atom is -0.506 e. The summed E-state index contributed by atoms with van der Waals surface area (Å²) in [6, 6.07) is 7.42. The highest BCUT2D eigenvalue weighted by Crippen LogP contribution is 2.27. The predicted molar refractivity (Wildman–Crippen MR) is 96.3 cm³/mol. The van der Waals surface area contributed by atoms with Crippen LogP contribution < -0.4 is 4.90 Å². The highest BCUT2D eigenvalue weighted by Gasteiger charge is 2.30. The fourth-order valence-electron chi connectivity index (χ4n) is 3.73. The molecule has 2 aliphatic rings. The van der Waals surface area contributed by atoms with Gasteiger partial charge >= 0.3 is 0 Å². The van der Waals surface area contributed by atoms with Crippen molar-refractivity contribution in [1.29, 1.82) is 0 Å². The van der Waals surface area contributed by atoms with Crippen LogP contribution in [-0.4, -0.2) is 66.1 Å². The largest absolute Gasteiger partial charge is 0.506 e. The number of carbonyl (C=O) groups is 1. The number of benzene rings is 1. The van der Waals surface area contributed by atoms with E-state index in [1.165, 1.54) is 0 Å². The monoisotopic (exact) mass is 331 g/mol. The van der Waals surface area contributed by atoms with Crippen LogP contribution in [0.25, 0.3) is 0 Å². The number of phenolic OH excluding ortho intramolecular Hbond substituents is 1. The number of carbonyl (C=O) groups excluding carboxylic acids is 1. The van der Waals surface area contributed by atoms with Crippen molar-refractivity contribution in [2.75, 3.05) is 44.2 Å². The summed E-state index contributed by atoms with van der Waals surface area (Å²) in [5, 5.41) is 10.0. The molecule has 1 aromatic rings. The fourth-order valence-corrected chi connectivity index (χ4v) is 3.73. The number of anilines is 1. The zero-order valence-corrected chi connectivity index (χ0v) is 14.8. The molecule has 132 valence electrons. The maximum Gasteiger partial charge on any atom is 0.239 e. The molecule has 1 unspecified atom stereocenters. The van der Waals surface area contributed by atoms with Crippen molar-refractivity contribution in [3.8, 4) is 5.75 Å². The molecule has 0 saturated carbocycles. The second-order valence-corrected chi connectivity index (χ2v) is 7.20. The van der Waals surface area contributed by atoms with E-state index in [0.717, 1.165) is 63.7 Å². The van der Waals surface area contributed by atoms with Gasteiger partial charge in [-0.25, -0.2) is 0 Å². The third-order valence-corrected chi connectivity index (χ3v) is 5.54. The Kier molecular flexibility index (Phi) is 5.29. The molecule has 1 atom stereocenters. The third-order valence-electron chi connectivity index (χ3n) is 5.54. The van der Waals surface area contributed by atoms with Gasteiger partial charge in [0.2, 0.25) is 5.91 Å². The maximum atomic E-state index is 12.7. The van der Waals surface area contributed by atoms with Crippen molar-refractivity contribution in [2.45, 2.75) is 32.7 Å². The third kappa shape index (κ3) is 3.66. The Hall–Kier alpha value is -1.75. The van der Waals surface area contributed by atoms with Crippen LogP contribution in [0, 0.1) is 5.92 Å². The van der Waals surface area contributed by atoms with Gasteiger partial charge in [-0.15, -0.1) is 0 Å². The summed E-state index contributed by atoms with van der Waals surface area (Å²) in [5.74, 6) is 1.35. The molecule has 0 aliphatic carbocycles. The van der Waals surface area contributed by atoms with Crippen LogP contribution in [0.3, 0.4) is 0 Å². The molecular formula is C19H29N3O2. The van der Waals surface area contributed by atoms with Crippen molar-refractivity contribution in [1.82, 2.24) is 9.80 Å². The van der Waals surface area contributed by atoms with Crippen LogP contribution in [0.5, 0.6) is 5.75 Å². The van der Waals surface area contributed by atoms with E-state index in [2.05, 4.69) is 16.7 Å². The number of nitrogens with zero attached hydrogens (tertiary/aromatic N) is 3. The molecule has 24 heavy (non-hydrogen) atoms. The van der Waals surface area contributed by atoms with Gasteiger partial charge in [-0.1, -0.05) is 19.1 Å². The van der Waals surface area contributed by atoms with Gasteiger partial charge in [0, 0.05) is 39.3 Å². The molecule has 5 nitrogen and oxygen atoms in total. The van der Waals surface area contributed by atoms with Crippen molar-refractivity contribution >= 4 is 11.6 Å². The lowest BCUT2D eigenvalue weighted by Crippen LogP contribution is -2.55. The van der Waals surface area contributed by atoms with Crippen LogP contribution in [0.4, 0.5) is 5.69 Å². The maximum absolute atomic E-state index is 12.7. The summed E-state index contributed by atoms with van der Waals surface area (Å²) in [7, 11) is 0. The Bertz CT molecular complexity index is 561. The summed E-state index contributed by atoms with van der Waals surface area (Å²) in [6.45, 7) is 9.50. The SMILES string of the molecule is CC1CCN(C(=O)C(C)N2CCN(c3ccccc3O)CC2)CC1. The lowest BCUT2D eigenvalue weighted by molar-refractivity contribution is -0.137. The topological polar surface area (TPSA) is 47.0 Å². The smallest absolute Gasteiger partial charge is 0.239 e. The zero-order valence-electron chi connectivity index (χ0n) is 14.8. The molecule has 0 spiro atoms. The first-order valence-electron chi connectivity index (χ1n) is 9.12. The van der Waals surface area contributed by atoms with Crippen LogP contribution in [0.15, 0.2) is 24.3 Å². The molecule has 2 aliphatic heterocycles. The van der Waals surface area contributed by atoms with Gasteiger partial charge in [0.25, 0.3) is 0 Å². The Labute approximate surface area is 144 Å². The van der Waals surface area contributed by atoms with Gasteiger partial charge in [0.1, 0.15) is 5.75 Å². The van der Waals surface area contributed by atoms with Crippen LogP contribution in [0.2, 0.25) is 0 Å². The van der Waals surface area contributed by atoms with Crippen LogP contribution in [0.1, 0.15) is 26.7 Å². The van der Waals surface area contributed by atoms with E-state index in [4.69, 9.17) is 0 Å². The van der Waals surface area contributed by atoms with E-state index in [9.17, 15) is 9.90 Å². The summed E-state index contributed by atoms with van der Waals surface area (Å²) < 4.78 is 0. The zero-order chi connectivity index (χ0) is 17.1. The first-order chi connectivity index (χ1) is 11.6. The second kappa shape index (κ2) is 7.43. The van der Waals surface area contributed by atoms with Crippen molar-refractivity contribution < 1.29 is 9.90 Å². The molecule has 2 heterocycles. The second-order valence-electron chi connectivity index (χ2n) is 7.20. The van der Waals surface area contributed by atoms with E-state index in [1.807, 2.05) is 30.0 Å².